The SMILES string of the molecule is CC[C@H](CO)NCc1nn(Cc2ccccc2C)nc1-c1ccccc1. The first-order valence-electron chi connectivity index (χ1n) is 9.09. The standard InChI is InChI=1S/C21H26N4O/c1-3-19(15-26)22-13-20-21(17-10-5-4-6-11-17)24-25(23-20)14-18-12-8-7-9-16(18)2/h4-12,19,22,26H,3,13-15H2,1-2H3/t19-/m1/s1. The highest BCUT2D eigenvalue weighted by Gasteiger charge is 2.15. The molecule has 0 fully saturated rings. The summed E-state index contributed by atoms with van der Waals surface area (Å²) >= 11 is 0. The molecular weight excluding hydrogens is 324 g/mol. The minimum absolute atomic E-state index is 0.0696. The maximum absolute atomic E-state index is 9.42. The van der Waals surface area contributed by atoms with E-state index in [0.717, 1.165) is 23.4 Å². The van der Waals surface area contributed by atoms with E-state index in [4.69, 9.17) is 10.2 Å². The van der Waals surface area contributed by atoms with Crippen LogP contribution in [0.25, 0.3) is 11.3 Å². The van der Waals surface area contributed by atoms with Crippen LogP contribution in [-0.2, 0) is 13.1 Å². The summed E-state index contributed by atoms with van der Waals surface area (Å²) in [5, 5.41) is 22.3. The first-order valence-corrected chi connectivity index (χ1v) is 9.09. The molecule has 1 atom stereocenters. The Hall–Kier alpha value is -2.50. The Morgan fingerprint density at radius 1 is 1.04 bits per heavy atom. The Bertz CT molecular complexity index is 825. The second kappa shape index (κ2) is 8.74. The van der Waals surface area contributed by atoms with E-state index in [0.29, 0.717) is 13.1 Å². The summed E-state index contributed by atoms with van der Waals surface area (Å²) in [6, 6.07) is 18.5. The first-order chi connectivity index (χ1) is 12.7. The topological polar surface area (TPSA) is 63.0 Å². The number of aliphatic hydroxyl groups excluding tert-OH is 1. The van der Waals surface area contributed by atoms with Crippen molar-refractivity contribution in [2.45, 2.75) is 39.4 Å². The normalized spacial score (nSPS) is 12.3. The van der Waals surface area contributed by atoms with Crippen LogP contribution in [0.4, 0.5) is 0 Å². The van der Waals surface area contributed by atoms with Crippen molar-refractivity contribution < 1.29 is 5.11 Å². The van der Waals surface area contributed by atoms with Crippen LogP contribution in [0, 0.1) is 6.92 Å². The van der Waals surface area contributed by atoms with Gasteiger partial charge in [-0.1, -0.05) is 61.5 Å². The molecule has 0 aliphatic carbocycles. The first kappa shape index (κ1) is 18.3. The number of hydrogen-bond donors (Lipinski definition) is 2. The van der Waals surface area contributed by atoms with Crippen LogP contribution < -0.4 is 5.32 Å². The van der Waals surface area contributed by atoms with Crippen LogP contribution in [0.15, 0.2) is 54.6 Å². The van der Waals surface area contributed by atoms with Crippen LogP contribution in [0.2, 0.25) is 0 Å². The van der Waals surface area contributed by atoms with Crippen molar-refractivity contribution in [2.24, 2.45) is 0 Å². The summed E-state index contributed by atoms with van der Waals surface area (Å²) < 4.78 is 0. The summed E-state index contributed by atoms with van der Waals surface area (Å²) in [6.07, 6.45) is 0.870. The maximum Gasteiger partial charge on any atom is 0.117 e. The zero-order chi connectivity index (χ0) is 18.4. The van der Waals surface area contributed by atoms with E-state index in [1.54, 1.807) is 4.80 Å². The van der Waals surface area contributed by atoms with Crippen LogP contribution >= 0.6 is 0 Å². The molecule has 1 aromatic heterocycles. The van der Waals surface area contributed by atoms with Crippen LogP contribution in [0.1, 0.15) is 30.2 Å². The zero-order valence-corrected chi connectivity index (χ0v) is 15.4. The van der Waals surface area contributed by atoms with Crippen molar-refractivity contribution >= 4 is 0 Å². The van der Waals surface area contributed by atoms with E-state index in [-0.39, 0.29) is 12.6 Å². The van der Waals surface area contributed by atoms with Gasteiger partial charge in [0.25, 0.3) is 0 Å². The fourth-order valence-electron chi connectivity index (χ4n) is 2.91. The minimum Gasteiger partial charge on any atom is -0.395 e. The van der Waals surface area contributed by atoms with Gasteiger partial charge in [-0.25, -0.2) is 0 Å². The van der Waals surface area contributed by atoms with Gasteiger partial charge in [0.05, 0.1) is 13.2 Å². The largest absolute Gasteiger partial charge is 0.395 e. The predicted octanol–water partition coefficient (Wildman–Crippen LogP) is 3.16. The van der Waals surface area contributed by atoms with Crippen molar-refractivity contribution in [3.8, 4) is 11.3 Å². The van der Waals surface area contributed by atoms with E-state index in [9.17, 15) is 5.11 Å². The van der Waals surface area contributed by atoms with Gasteiger partial charge in [0, 0.05) is 18.2 Å². The molecule has 3 rings (SSSR count). The average Bonchev–Trinajstić information content (AvgIpc) is 3.08. The lowest BCUT2D eigenvalue weighted by Crippen LogP contribution is -2.31. The number of hydrogen-bond acceptors (Lipinski definition) is 4. The second-order valence-corrected chi connectivity index (χ2v) is 6.49. The number of aliphatic hydroxyl groups is 1. The van der Waals surface area contributed by atoms with E-state index in [1.807, 2.05) is 30.3 Å². The highest BCUT2D eigenvalue weighted by atomic mass is 16.3. The fraction of sp³-hybridized carbons (Fsp3) is 0.333. The third-order valence-electron chi connectivity index (χ3n) is 4.62. The Labute approximate surface area is 154 Å². The summed E-state index contributed by atoms with van der Waals surface area (Å²) in [6.45, 7) is 5.50. The van der Waals surface area contributed by atoms with Crippen molar-refractivity contribution in [2.75, 3.05) is 6.61 Å². The molecule has 26 heavy (non-hydrogen) atoms. The number of nitrogens with one attached hydrogen (secondary N) is 1. The zero-order valence-electron chi connectivity index (χ0n) is 15.4. The molecule has 0 amide bonds. The molecule has 5 nitrogen and oxygen atoms in total. The average molecular weight is 350 g/mol. The molecule has 0 radical (unpaired) electrons. The molecule has 2 aromatic carbocycles. The summed E-state index contributed by atoms with van der Waals surface area (Å²) in [5.41, 5.74) is 5.29. The highest BCUT2D eigenvalue weighted by Crippen LogP contribution is 2.21. The van der Waals surface area contributed by atoms with Crippen molar-refractivity contribution in [1.82, 2.24) is 20.3 Å². The lowest BCUT2D eigenvalue weighted by Gasteiger charge is -2.12. The molecule has 0 spiro atoms. The lowest BCUT2D eigenvalue weighted by molar-refractivity contribution is 0.238. The monoisotopic (exact) mass is 350 g/mol. The molecule has 0 aliphatic heterocycles. The van der Waals surface area contributed by atoms with Crippen LogP contribution in [0.3, 0.4) is 0 Å². The Morgan fingerprint density at radius 3 is 2.46 bits per heavy atom. The molecule has 5 heteroatoms. The highest BCUT2D eigenvalue weighted by molar-refractivity contribution is 5.60. The molecule has 2 N–H and O–H groups in total. The number of aromatic nitrogens is 3. The molecular formula is C21H26N4O. The van der Waals surface area contributed by atoms with Crippen molar-refractivity contribution in [3.05, 3.63) is 71.4 Å². The smallest absolute Gasteiger partial charge is 0.117 e. The van der Waals surface area contributed by atoms with Gasteiger partial charge < -0.3 is 10.4 Å². The lowest BCUT2D eigenvalue weighted by atomic mass is 10.1. The third kappa shape index (κ3) is 4.36. The number of nitrogens with zero attached hydrogens (tertiary/aromatic N) is 3. The fourth-order valence-corrected chi connectivity index (χ4v) is 2.91. The molecule has 0 aliphatic rings. The van der Waals surface area contributed by atoms with Crippen LogP contribution in [-0.4, -0.2) is 32.7 Å². The summed E-state index contributed by atoms with van der Waals surface area (Å²) in [7, 11) is 0. The predicted molar refractivity (Wildman–Crippen MR) is 104 cm³/mol. The van der Waals surface area contributed by atoms with Gasteiger partial charge in [-0.05, 0) is 24.5 Å². The van der Waals surface area contributed by atoms with Gasteiger partial charge in [0.1, 0.15) is 11.4 Å². The molecule has 3 aromatic rings. The Balaban J connectivity index is 1.88. The Kier molecular flexibility index (Phi) is 6.15. The summed E-state index contributed by atoms with van der Waals surface area (Å²) in [5.74, 6) is 0. The molecule has 136 valence electrons. The quantitative estimate of drug-likeness (QED) is 0.655. The van der Waals surface area contributed by atoms with Crippen molar-refractivity contribution in [3.63, 3.8) is 0 Å². The number of benzene rings is 2. The third-order valence-corrected chi connectivity index (χ3v) is 4.62. The number of rotatable bonds is 8. The maximum atomic E-state index is 9.42. The molecule has 0 unspecified atom stereocenters. The van der Waals surface area contributed by atoms with E-state index in [1.165, 1.54) is 11.1 Å². The summed E-state index contributed by atoms with van der Waals surface area (Å²) in [4.78, 5) is 1.77. The molecule has 0 saturated carbocycles. The van der Waals surface area contributed by atoms with Gasteiger partial charge >= 0.3 is 0 Å². The number of aryl methyl sites for hydroxylation is 1. The van der Waals surface area contributed by atoms with E-state index in [2.05, 4.69) is 43.4 Å². The second-order valence-electron chi connectivity index (χ2n) is 6.49. The van der Waals surface area contributed by atoms with Gasteiger partial charge in [0.2, 0.25) is 0 Å². The van der Waals surface area contributed by atoms with Crippen LogP contribution in [0.5, 0.6) is 0 Å². The molecule has 0 saturated heterocycles. The Morgan fingerprint density at radius 2 is 1.77 bits per heavy atom. The van der Waals surface area contributed by atoms with E-state index < -0.39 is 0 Å². The van der Waals surface area contributed by atoms with Gasteiger partial charge in [-0.15, -0.1) is 0 Å². The van der Waals surface area contributed by atoms with Gasteiger partial charge in [0.15, 0.2) is 0 Å². The van der Waals surface area contributed by atoms with Gasteiger partial charge in [-0.2, -0.15) is 15.0 Å². The molecule has 1 heterocycles. The van der Waals surface area contributed by atoms with E-state index >= 15 is 0 Å². The molecule has 0 bridgehead atoms. The van der Waals surface area contributed by atoms with Crippen molar-refractivity contribution in [1.29, 1.82) is 0 Å². The van der Waals surface area contributed by atoms with Gasteiger partial charge in [-0.3, -0.25) is 0 Å². The minimum atomic E-state index is 0.0696.